The maximum Gasteiger partial charge on any atom is 0.150 e. The minimum atomic E-state index is -2.91. The Morgan fingerprint density at radius 2 is 2.24 bits per heavy atom. The average Bonchev–Trinajstić information content (AvgIpc) is 2.96. The minimum Gasteiger partial charge on any atom is -0.469 e. The molecule has 3 atom stereocenters. The molecule has 0 radical (unpaired) electrons. The second kappa shape index (κ2) is 7.45. The predicted octanol–water partition coefficient (Wildman–Crippen LogP) is 2.79. The molecule has 3 unspecified atom stereocenters. The zero-order valence-electron chi connectivity index (χ0n) is 13.0. The van der Waals surface area contributed by atoms with Crippen LogP contribution in [-0.4, -0.2) is 32.5 Å². The van der Waals surface area contributed by atoms with Gasteiger partial charge in [0.2, 0.25) is 0 Å². The molecule has 1 heterocycles. The summed E-state index contributed by atoms with van der Waals surface area (Å²) in [5, 5.41) is 3.40. The summed E-state index contributed by atoms with van der Waals surface area (Å²) in [5.41, 5.74) is 0. The molecule has 0 aliphatic heterocycles. The van der Waals surface area contributed by atoms with Crippen molar-refractivity contribution in [1.82, 2.24) is 5.32 Å². The first-order valence-corrected chi connectivity index (χ1v) is 9.90. The van der Waals surface area contributed by atoms with Crippen LogP contribution < -0.4 is 5.32 Å². The molecule has 2 rings (SSSR count). The first kappa shape index (κ1) is 16.6. The van der Waals surface area contributed by atoms with Gasteiger partial charge in [0, 0.05) is 18.7 Å². The molecule has 1 N–H and O–H groups in total. The molecule has 4 nitrogen and oxygen atoms in total. The van der Waals surface area contributed by atoms with Crippen LogP contribution in [0.5, 0.6) is 0 Å². The monoisotopic (exact) mass is 313 g/mol. The van der Waals surface area contributed by atoms with E-state index in [2.05, 4.69) is 12.2 Å². The third-order valence-electron chi connectivity index (χ3n) is 4.59. The molecule has 120 valence electrons. The van der Waals surface area contributed by atoms with Crippen molar-refractivity contribution >= 4 is 9.84 Å². The van der Waals surface area contributed by atoms with Gasteiger partial charge in [-0.3, -0.25) is 0 Å². The summed E-state index contributed by atoms with van der Waals surface area (Å²) >= 11 is 0. The summed E-state index contributed by atoms with van der Waals surface area (Å²) in [6.45, 7) is 3.03. The van der Waals surface area contributed by atoms with Crippen molar-refractivity contribution in [3.8, 4) is 0 Å². The maximum atomic E-state index is 11.8. The quantitative estimate of drug-likeness (QED) is 0.841. The third-order valence-corrected chi connectivity index (χ3v) is 6.23. The Labute approximate surface area is 128 Å². The van der Waals surface area contributed by atoms with Gasteiger partial charge in [0.15, 0.2) is 0 Å². The second-order valence-electron chi connectivity index (χ2n) is 6.16. The molecule has 0 bridgehead atoms. The van der Waals surface area contributed by atoms with Crippen molar-refractivity contribution in [2.45, 2.75) is 56.7 Å². The maximum absolute atomic E-state index is 11.8. The molecule has 0 amide bonds. The van der Waals surface area contributed by atoms with Crippen molar-refractivity contribution < 1.29 is 12.8 Å². The molecule has 1 fully saturated rings. The van der Waals surface area contributed by atoms with E-state index in [1.54, 1.807) is 6.26 Å². The minimum absolute atomic E-state index is 0.152. The zero-order valence-corrected chi connectivity index (χ0v) is 13.9. The number of hydrogen-bond acceptors (Lipinski definition) is 4. The number of sulfone groups is 1. The summed E-state index contributed by atoms with van der Waals surface area (Å²) in [4.78, 5) is 0. The highest BCUT2D eigenvalue weighted by Crippen LogP contribution is 2.32. The Kier molecular flexibility index (Phi) is 5.88. The van der Waals surface area contributed by atoms with Crippen molar-refractivity contribution in [1.29, 1.82) is 0 Å². The van der Waals surface area contributed by atoms with E-state index in [0.29, 0.717) is 12.0 Å². The molecule has 1 aromatic heterocycles. The van der Waals surface area contributed by atoms with Crippen molar-refractivity contribution in [3.63, 3.8) is 0 Å². The molecule has 0 saturated heterocycles. The first-order chi connectivity index (χ1) is 10.0. The number of rotatable bonds is 7. The molecule has 1 aliphatic rings. The molecular formula is C16H27NO3S. The summed E-state index contributed by atoms with van der Waals surface area (Å²) in [6.07, 6.45) is 8.77. The van der Waals surface area contributed by atoms with Gasteiger partial charge in [-0.25, -0.2) is 8.42 Å². The Hall–Kier alpha value is -0.810. The van der Waals surface area contributed by atoms with Gasteiger partial charge in [-0.05, 0) is 50.3 Å². The Balaban J connectivity index is 1.96. The smallest absolute Gasteiger partial charge is 0.150 e. The van der Waals surface area contributed by atoms with Gasteiger partial charge >= 0.3 is 0 Å². The van der Waals surface area contributed by atoms with Crippen LogP contribution in [0, 0.1) is 5.92 Å². The van der Waals surface area contributed by atoms with E-state index >= 15 is 0 Å². The largest absolute Gasteiger partial charge is 0.469 e. The topological polar surface area (TPSA) is 59.3 Å². The highest BCUT2D eigenvalue weighted by molar-refractivity contribution is 7.91. The lowest BCUT2D eigenvalue weighted by molar-refractivity contribution is 0.259. The molecule has 21 heavy (non-hydrogen) atoms. The van der Waals surface area contributed by atoms with Gasteiger partial charge in [0.05, 0.1) is 11.5 Å². The molecule has 1 aromatic rings. The fourth-order valence-electron chi connectivity index (χ4n) is 3.45. The van der Waals surface area contributed by atoms with Crippen molar-refractivity contribution in [2.24, 2.45) is 5.92 Å². The SMILES string of the molecule is CCNC(CCc1ccco1)C1CCCC(S(C)(=O)=O)C1. The van der Waals surface area contributed by atoms with Crippen LogP contribution in [0.1, 0.15) is 44.8 Å². The van der Waals surface area contributed by atoms with Crippen LogP contribution in [-0.2, 0) is 16.3 Å². The summed E-state index contributed by atoms with van der Waals surface area (Å²) < 4.78 is 29.0. The average molecular weight is 313 g/mol. The molecular weight excluding hydrogens is 286 g/mol. The Bertz CT molecular complexity index is 510. The van der Waals surface area contributed by atoms with E-state index < -0.39 is 9.84 Å². The fourth-order valence-corrected chi connectivity index (χ4v) is 4.65. The van der Waals surface area contributed by atoms with Gasteiger partial charge in [-0.2, -0.15) is 0 Å². The molecule has 0 aromatic carbocycles. The normalized spacial score (nSPS) is 24.9. The number of nitrogens with one attached hydrogen (secondary N) is 1. The van der Waals surface area contributed by atoms with Crippen LogP contribution in [0.2, 0.25) is 0 Å². The van der Waals surface area contributed by atoms with Gasteiger partial charge in [0.1, 0.15) is 15.6 Å². The number of aryl methyl sites for hydroxylation is 1. The summed E-state index contributed by atoms with van der Waals surface area (Å²) in [6, 6.07) is 4.30. The molecule has 0 spiro atoms. The third kappa shape index (κ3) is 4.85. The fraction of sp³-hybridized carbons (Fsp3) is 0.750. The Morgan fingerprint density at radius 3 is 2.86 bits per heavy atom. The van der Waals surface area contributed by atoms with Crippen LogP contribution in [0.15, 0.2) is 22.8 Å². The first-order valence-electron chi connectivity index (χ1n) is 7.95. The van der Waals surface area contributed by atoms with Crippen molar-refractivity contribution in [2.75, 3.05) is 12.8 Å². The molecule has 5 heteroatoms. The summed E-state index contributed by atoms with van der Waals surface area (Å²) in [7, 11) is -2.91. The van der Waals surface area contributed by atoms with E-state index in [1.807, 2.05) is 12.1 Å². The van der Waals surface area contributed by atoms with Crippen LogP contribution in [0.25, 0.3) is 0 Å². The van der Waals surface area contributed by atoms with Gasteiger partial charge < -0.3 is 9.73 Å². The van der Waals surface area contributed by atoms with E-state index in [4.69, 9.17) is 4.42 Å². The van der Waals surface area contributed by atoms with E-state index in [0.717, 1.165) is 50.8 Å². The van der Waals surface area contributed by atoms with E-state index in [9.17, 15) is 8.42 Å². The Morgan fingerprint density at radius 1 is 1.43 bits per heavy atom. The zero-order chi connectivity index (χ0) is 15.3. The highest BCUT2D eigenvalue weighted by atomic mass is 32.2. The van der Waals surface area contributed by atoms with Crippen LogP contribution in [0.4, 0.5) is 0 Å². The molecule has 1 saturated carbocycles. The van der Waals surface area contributed by atoms with Crippen LogP contribution >= 0.6 is 0 Å². The summed E-state index contributed by atoms with van der Waals surface area (Å²) in [5.74, 6) is 1.46. The number of furan rings is 1. The van der Waals surface area contributed by atoms with E-state index in [1.165, 1.54) is 6.26 Å². The second-order valence-corrected chi connectivity index (χ2v) is 8.49. The van der Waals surface area contributed by atoms with Crippen LogP contribution in [0.3, 0.4) is 0 Å². The molecule has 1 aliphatic carbocycles. The lowest BCUT2D eigenvalue weighted by Gasteiger charge is -2.34. The van der Waals surface area contributed by atoms with Gasteiger partial charge in [0.25, 0.3) is 0 Å². The van der Waals surface area contributed by atoms with Gasteiger partial charge in [-0.15, -0.1) is 0 Å². The highest BCUT2D eigenvalue weighted by Gasteiger charge is 2.32. The van der Waals surface area contributed by atoms with E-state index in [-0.39, 0.29) is 5.25 Å². The van der Waals surface area contributed by atoms with Crippen molar-refractivity contribution in [3.05, 3.63) is 24.2 Å². The predicted molar refractivity (Wildman–Crippen MR) is 85.1 cm³/mol. The number of hydrogen-bond donors (Lipinski definition) is 1. The lowest BCUT2D eigenvalue weighted by atomic mass is 9.81. The van der Waals surface area contributed by atoms with Gasteiger partial charge in [-0.1, -0.05) is 13.3 Å². The standard InChI is InChI=1S/C16H27NO3S/c1-3-17-16(10-9-14-7-5-11-20-14)13-6-4-8-15(12-13)21(2,18)19/h5,7,11,13,15-17H,3-4,6,8-10,12H2,1-2H3. The lowest BCUT2D eigenvalue weighted by Crippen LogP contribution is -2.41.